The van der Waals surface area contributed by atoms with E-state index in [4.69, 9.17) is 0 Å². The third kappa shape index (κ3) is 3.18. The molecular formula is C20H22N2O2. The maximum Gasteiger partial charge on any atom is 0.325 e. The van der Waals surface area contributed by atoms with Crippen molar-refractivity contribution in [3.05, 3.63) is 71.3 Å². The molecule has 24 heavy (non-hydrogen) atoms. The number of rotatable bonds is 5. The molecule has 1 unspecified atom stereocenters. The maximum atomic E-state index is 12.8. The van der Waals surface area contributed by atoms with Gasteiger partial charge in [0.2, 0.25) is 0 Å². The molecule has 1 saturated heterocycles. The number of benzene rings is 2. The topological polar surface area (TPSA) is 49.4 Å². The number of amides is 3. The molecule has 1 N–H and O–H groups in total. The van der Waals surface area contributed by atoms with Gasteiger partial charge in [-0.1, -0.05) is 54.6 Å². The van der Waals surface area contributed by atoms with Crippen LogP contribution >= 0.6 is 0 Å². The lowest BCUT2D eigenvalue weighted by molar-refractivity contribution is -0.131. The first-order valence-corrected chi connectivity index (χ1v) is 8.22. The van der Waals surface area contributed by atoms with E-state index >= 15 is 0 Å². The van der Waals surface area contributed by atoms with Gasteiger partial charge in [-0.25, -0.2) is 4.79 Å². The van der Waals surface area contributed by atoms with Crippen molar-refractivity contribution in [2.24, 2.45) is 0 Å². The molecule has 1 aliphatic rings. The molecule has 2 aromatic carbocycles. The number of carbonyl (C=O) groups excluding carboxylic acids is 2. The van der Waals surface area contributed by atoms with Crippen LogP contribution in [0.1, 0.15) is 30.0 Å². The van der Waals surface area contributed by atoms with Gasteiger partial charge in [-0.15, -0.1) is 0 Å². The van der Waals surface area contributed by atoms with E-state index in [1.54, 1.807) is 0 Å². The molecule has 3 amide bonds. The fraction of sp³-hybridized carbons (Fsp3) is 0.300. The highest BCUT2D eigenvalue weighted by Gasteiger charge is 2.47. The number of aryl methyl sites for hydroxylation is 2. The molecule has 1 heterocycles. The monoisotopic (exact) mass is 322 g/mol. The van der Waals surface area contributed by atoms with Crippen LogP contribution in [0.25, 0.3) is 0 Å². The highest BCUT2D eigenvalue weighted by atomic mass is 16.2. The van der Waals surface area contributed by atoms with E-state index in [2.05, 4.69) is 5.32 Å². The number of carbonyl (C=O) groups is 2. The summed E-state index contributed by atoms with van der Waals surface area (Å²) in [7, 11) is 0. The minimum atomic E-state index is -0.838. The van der Waals surface area contributed by atoms with Crippen LogP contribution in [0, 0.1) is 6.92 Å². The van der Waals surface area contributed by atoms with E-state index in [0.29, 0.717) is 13.0 Å². The van der Waals surface area contributed by atoms with Gasteiger partial charge in [0.15, 0.2) is 0 Å². The molecule has 124 valence electrons. The van der Waals surface area contributed by atoms with Crippen LogP contribution in [0.5, 0.6) is 0 Å². The summed E-state index contributed by atoms with van der Waals surface area (Å²) in [6.45, 7) is 4.12. The summed E-state index contributed by atoms with van der Waals surface area (Å²) in [5, 5.41) is 2.88. The Morgan fingerprint density at radius 1 is 1.00 bits per heavy atom. The second kappa shape index (κ2) is 6.48. The van der Waals surface area contributed by atoms with Crippen molar-refractivity contribution in [3.8, 4) is 0 Å². The summed E-state index contributed by atoms with van der Waals surface area (Å²) in [6.07, 6.45) is 1.34. The lowest BCUT2D eigenvalue weighted by atomic mass is 9.93. The van der Waals surface area contributed by atoms with Crippen LogP contribution in [0.2, 0.25) is 0 Å². The quantitative estimate of drug-likeness (QED) is 0.857. The Labute approximate surface area is 142 Å². The van der Waals surface area contributed by atoms with Crippen LogP contribution < -0.4 is 5.32 Å². The van der Waals surface area contributed by atoms with Crippen molar-refractivity contribution in [2.75, 3.05) is 0 Å². The van der Waals surface area contributed by atoms with Crippen LogP contribution in [-0.4, -0.2) is 22.4 Å². The number of imide groups is 1. The lowest BCUT2D eigenvalue weighted by Gasteiger charge is -2.22. The third-order valence-electron chi connectivity index (χ3n) is 4.69. The third-order valence-corrected chi connectivity index (χ3v) is 4.69. The average Bonchev–Trinajstić information content (AvgIpc) is 2.80. The largest absolute Gasteiger partial charge is 0.325 e. The predicted octanol–water partition coefficient (Wildman–Crippen LogP) is 3.44. The second-order valence-corrected chi connectivity index (χ2v) is 6.57. The number of urea groups is 1. The van der Waals surface area contributed by atoms with Crippen molar-refractivity contribution in [2.45, 2.75) is 38.8 Å². The fourth-order valence-corrected chi connectivity index (χ4v) is 3.06. The summed E-state index contributed by atoms with van der Waals surface area (Å²) in [5.41, 5.74) is 2.40. The molecule has 1 atom stereocenters. The van der Waals surface area contributed by atoms with Gasteiger partial charge in [0, 0.05) is 0 Å². The van der Waals surface area contributed by atoms with Crippen LogP contribution in [-0.2, 0) is 17.8 Å². The van der Waals surface area contributed by atoms with Gasteiger partial charge in [-0.3, -0.25) is 9.69 Å². The molecule has 0 aromatic heterocycles. The second-order valence-electron chi connectivity index (χ2n) is 6.57. The Bertz CT molecular complexity index is 757. The van der Waals surface area contributed by atoms with E-state index in [1.165, 1.54) is 4.90 Å². The first-order valence-electron chi connectivity index (χ1n) is 8.22. The van der Waals surface area contributed by atoms with Gasteiger partial charge in [0.05, 0.1) is 6.54 Å². The Hall–Kier alpha value is -2.62. The van der Waals surface area contributed by atoms with Gasteiger partial charge in [-0.2, -0.15) is 0 Å². The molecule has 0 bridgehead atoms. The zero-order valence-corrected chi connectivity index (χ0v) is 14.1. The molecule has 4 heteroatoms. The zero-order chi connectivity index (χ0) is 17.2. The summed E-state index contributed by atoms with van der Waals surface area (Å²) < 4.78 is 0. The summed E-state index contributed by atoms with van der Waals surface area (Å²) >= 11 is 0. The smallest absolute Gasteiger partial charge is 0.323 e. The van der Waals surface area contributed by atoms with Crippen molar-refractivity contribution in [3.63, 3.8) is 0 Å². The minimum Gasteiger partial charge on any atom is -0.323 e. The van der Waals surface area contributed by atoms with Crippen molar-refractivity contribution in [1.29, 1.82) is 0 Å². The average molecular weight is 322 g/mol. The first-order chi connectivity index (χ1) is 11.5. The van der Waals surface area contributed by atoms with Gasteiger partial charge >= 0.3 is 6.03 Å². The molecule has 3 rings (SSSR count). The number of hydrogen-bond donors (Lipinski definition) is 1. The normalized spacial score (nSPS) is 20.3. The SMILES string of the molecule is Cc1ccccc1CN1C(=O)NC(C)(CCc2ccccc2)C1=O. The Morgan fingerprint density at radius 3 is 2.38 bits per heavy atom. The highest BCUT2D eigenvalue weighted by Crippen LogP contribution is 2.25. The molecule has 1 aliphatic heterocycles. The minimum absolute atomic E-state index is 0.147. The summed E-state index contributed by atoms with van der Waals surface area (Å²) in [5.74, 6) is -0.147. The van der Waals surface area contributed by atoms with E-state index in [-0.39, 0.29) is 11.9 Å². The molecule has 4 nitrogen and oxygen atoms in total. The molecule has 0 radical (unpaired) electrons. The number of nitrogens with zero attached hydrogens (tertiary/aromatic N) is 1. The molecule has 0 spiro atoms. The van der Waals surface area contributed by atoms with Gasteiger partial charge in [0.1, 0.15) is 5.54 Å². The van der Waals surface area contributed by atoms with Gasteiger partial charge < -0.3 is 5.32 Å². The Kier molecular flexibility index (Phi) is 4.38. The number of nitrogens with one attached hydrogen (secondary N) is 1. The van der Waals surface area contributed by atoms with E-state index in [1.807, 2.05) is 68.4 Å². The van der Waals surface area contributed by atoms with Crippen LogP contribution in [0.3, 0.4) is 0 Å². The Balaban J connectivity index is 1.72. The van der Waals surface area contributed by atoms with E-state index < -0.39 is 5.54 Å². The first kappa shape index (κ1) is 16.2. The summed E-state index contributed by atoms with van der Waals surface area (Å²) in [6, 6.07) is 17.5. The molecule has 0 aliphatic carbocycles. The molecular weight excluding hydrogens is 300 g/mol. The van der Waals surface area contributed by atoms with Gasteiger partial charge in [-0.05, 0) is 43.4 Å². The van der Waals surface area contributed by atoms with E-state index in [0.717, 1.165) is 23.1 Å². The van der Waals surface area contributed by atoms with E-state index in [9.17, 15) is 9.59 Å². The molecule has 1 fully saturated rings. The fourth-order valence-electron chi connectivity index (χ4n) is 3.06. The molecule has 0 saturated carbocycles. The van der Waals surface area contributed by atoms with Crippen LogP contribution in [0.4, 0.5) is 4.79 Å². The zero-order valence-electron chi connectivity index (χ0n) is 14.1. The Morgan fingerprint density at radius 2 is 1.67 bits per heavy atom. The summed E-state index contributed by atoms with van der Waals surface area (Å²) in [4.78, 5) is 26.5. The highest BCUT2D eigenvalue weighted by molar-refractivity contribution is 6.06. The number of hydrogen-bond acceptors (Lipinski definition) is 2. The van der Waals surface area contributed by atoms with Crippen LogP contribution in [0.15, 0.2) is 54.6 Å². The lowest BCUT2D eigenvalue weighted by Crippen LogP contribution is -2.44. The standard InChI is InChI=1S/C20H22N2O2/c1-15-8-6-7-11-17(15)14-22-18(23)20(2,21-19(22)24)13-12-16-9-4-3-5-10-16/h3-11H,12-14H2,1-2H3,(H,21,24). The maximum absolute atomic E-state index is 12.8. The van der Waals surface area contributed by atoms with Crippen molar-refractivity contribution < 1.29 is 9.59 Å². The van der Waals surface area contributed by atoms with Crippen molar-refractivity contribution in [1.82, 2.24) is 10.2 Å². The van der Waals surface area contributed by atoms with Crippen molar-refractivity contribution >= 4 is 11.9 Å². The molecule has 2 aromatic rings. The predicted molar refractivity (Wildman–Crippen MR) is 93.4 cm³/mol. The van der Waals surface area contributed by atoms with Gasteiger partial charge in [0.25, 0.3) is 5.91 Å².